The lowest BCUT2D eigenvalue weighted by atomic mass is 10.1. The van der Waals surface area contributed by atoms with Crippen molar-refractivity contribution in [1.82, 2.24) is 14.5 Å². The third-order valence-corrected chi connectivity index (χ3v) is 5.39. The normalized spacial score (nSPS) is 16.8. The highest BCUT2D eigenvalue weighted by molar-refractivity contribution is 5.51. The number of rotatable bonds is 8. The van der Waals surface area contributed by atoms with E-state index in [0.29, 0.717) is 18.8 Å². The van der Waals surface area contributed by atoms with Crippen molar-refractivity contribution in [2.75, 3.05) is 19.0 Å². The first-order chi connectivity index (χ1) is 16.6. The van der Waals surface area contributed by atoms with Crippen LogP contribution < -0.4 is 20.3 Å². The molecule has 1 atom stereocenters. The fraction of sp³-hybridized carbons (Fsp3) is 0.375. The van der Waals surface area contributed by atoms with E-state index in [1.165, 1.54) is 43.1 Å². The average molecular weight is 488 g/mol. The molecule has 0 unspecified atom stereocenters. The fourth-order valence-electron chi connectivity index (χ4n) is 3.63. The molecule has 1 saturated heterocycles. The quantitative estimate of drug-likeness (QED) is 0.513. The smallest absolute Gasteiger partial charge is 0.252 e. The maximum atomic E-state index is 14.4. The zero-order valence-electron chi connectivity index (χ0n) is 19.8. The lowest BCUT2D eigenvalue weighted by Crippen LogP contribution is -2.29. The maximum absolute atomic E-state index is 14.4. The molecule has 0 bridgehead atoms. The largest absolute Gasteiger partial charge is 0.494 e. The number of benzene rings is 1. The molecule has 0 radical (unpaired) electrons. The summed E-state index contributed by atoms with van der Waals surface area (Å²) in [4.78, 5) is 20.7. The van der Waals surface area contributed by atoms with Gasteiger partial charge in [-0.3, -0.25) is 4.79 Å². The first-order valence-corrected chi connectivity index (χ1v) is 10.9. The molecule has 0 saturated carbocycles. The molecule has 2 aromatic heterocycles. The molecule has 4 rings (SSSR count). The summed E-state index contributed by atoms with van der Waals surface area (Å²) in [5, 5.41) is 2.94. The number of aromatic nitrogens is 3. The van der Waals surface area contributed by atoms with Crippen LogP contribution in [0.25, 0.3) is 0 Å². The van der Waals surface area contributed by atoms with Gasteiger partial charge in [0, 0.05) is 18.0 Å². The highest BCUT2D eigenvalue weighted by atomic mass is 19.1. The number of hydrogen-bond donors (Lipinski definition) is 1. The van der Waals surface area contributed by atoms with Crippen LogP contribution in [-0.4, -0.2) is 40.1 Å². The predicted molar refractivity (Wildman–Crippen MR) is 123 cm³/mol. The second kappa shape index (κ2) is 9.96. The Morgan fingerprint density at radius 2 is 1.97 bits per heavy atom. The Bertz CT molecular complexity index is 1260. The van der Waals surface area contributed by atoms with Crippen molar-refractivity contribution in [1.29, 1.82) is 0 Å². The number of ether oxygens (including phenoxy) is 4. The zero-order chi connectivity index (χ0) is 25.2. The van der Waals surface area contributed by atoms with E-state index in [1.807, 2.05) is 13.8 Å². The van der Waals surface area contributed by atoms with Crippen molar-refractivity contribution in [2.24, 2.45) is 0 Å². The van der Waals surface area contributed by atoms with Gasteiger partial charge in [-0.05, 0) is 38.5 Å². The van der Waals surface area contributed by atoms with Crippen molar-refractivity contribution < 1.29 is 27.7 Å². The van der Waals surface area contributed by atoms with Crippen LogP contribution in [-0.2, 0) is 22.6 Å². The van der Waals surface area contributed by atoms with Gasteiger partial charge in [-0.25, -0.2) is 18.7 Å². The van der Waals surface area contributed by atoms with Gasteiger partial charge < -0.3 is 28.8 Å². The molecule has 0 amide bonds. The third kappa shape index (κ3) is 5.75. The molecule has 11 heteroatoms. The number of halogens is 2. The molecule has 3 heterocycles. The van der Waals surface area contributed by atoms with Crippen LogP contribution in [0.5, 0.6) is 11.5 Å². The van der Waals surface area contributed by atoms with Crippen molar-refractivity contribution in [3.63, 3.8) is 0 Å². The summed E-state index contributed by atoms with van der Waals surface area (Å²) in [5.41, 5.74) is 0.274. The van der Waals surface area contributed by atoms with Gasteiger partial charge in [0.05, 0.1) is 38.2 Å². The minimum atomic E-state index is -0.819. The summed E-state index contributed by atoms with van der Waals surface area (Å²) >= 11 is 0. The summed E-state index contributed by atoms with van der Waals surface area (Å²) in [7, 11) is 1.31. The predicted octanol–water partition coefficient (Wildman–Crippen LogP) is 3.71. The van der Waals surface area contributed by atoms with Gasteiger partial charge in [0.2, 0.25) is 5.95 Å². The van der Waals surface area contributed by atoms with Crippen molar-refractivity contribution >= 4 is 11.6 Å². The standard InChI is InChI=1S/C24H26F2N4O5/c1-14-7-19(32-4)22(26)18(21(14)25)13-33-16-9-27-23(28-10-16)29-15-5-6-30(20(31)8-15)11-17-12-34-24(2,3)35-17/h5-10,17H,11-13H2,1-4H3,(H,27,28,29)/t17-/m1/s1. The number of aryl methyl sites for hydroxylation is 1. The molecule has 0 aliphatic carbocycles. The average Bonchev–Trinajstić information content (AvgIpc) is 3.17. The summed E-state index contributed by atoms with van der Waals surface area (Å²) in [5.74, 6) is -1.80. The third-order valence-electron chi connectivity index (χ3n) is 5.39. The molecule has 1 N–H and O–H groups in total. The van der Waals surface area contributed by atoms with Crippen LogP contribution in [0.3, 0.4) is 0 Å². The Hall–Kier alpha value is -3.57. The number of hydrogen-bond acceptors (Lipinski definition) is 8. The minimum absolute atomic E-state index is 0.0619. The van der Waals surface area contributed by atoms with E-state index in [-0.39, 0.29) is 46.8 Å². The van der Waals surface area contributed by atoms with E-state index >= 15 is 0 Å². The van der Waals surface area contributed by atoms with Gasteiger partial charge in [0.25, 0.3) is 5.56 Å². The van der Waals surface area contributed by atoms with Crippen LogP contribution in [0.1, 0.15) is 25.0 Å². The van der Waals surface area contributed by atoms with Gasteiger partial charge in [-0.1, -0.05) is 0 Å². The number of nitrogens with one attached hydrogen (secondary N) is 1. The van der Waals surface area contributed by atoms with Gasteiger partial charge in [0.1, 0.15) is 18.5 Å². The molecule has 3 aromatic rings. The molecule has 35 heavy (non-hydrogen) atoms. The van der Waals surface area contributed by atoms with Gasteiger partial charge in [-0.15, -0.1) is 0 Å². The molecule has 186 valence electrons. The molecular weight excluding hydrogens is 462 g/mol. The number of nitrogens with zero attached hydrogens (tertiary/aromatic N) is 3. The fourth-order valence-corrected chi connectivity index (χ4v) is 3.63. The molecular formula is C24H26F2N4O5. The van der Waals surface area contributed by atoms with Crippen LogP contribution in [0.2, 0.25) is 0 Å². The molecule has 1 aliphatic rings. The van der Waals surface area contributed by atoms with Crippen LogP contribution in [0, 0.1) is 18.6 Å². The Labute approximate surface area is 200 Å². The Balaban J connectivity index is 1.37. The monoisotopic (exact) mass is 488 g/mol. The first-order valence-electron chi connectivity index (χ1n) is 10.9. The van der Waals surface area contributed by atoms with Crippen LogP contribution in [0.15, 0.2) is 41.6 Å². The Morgan fingerprint density at radius 1 is 1.23 bits per heavy atom. The van der Waals surface area contributed by atoms with Crippen molar-refractivity contribution in [3.8, 4) is 11.5 Å². The second-order valence-electron chi connectivity index (χ2n) is 8.52. The summed E-state index contributed by atoms with van der Waals surface area (Å²) < 4.78 is 52.0. The number of pyridine rings is 1. The summed E-state index contributed by atoms with van der Waals surface area (Å²) in [6.45, 7) is 5.60. The first kappa shape index (κ1) is 24.6. The van der Waals surface area contributed by atoms with Gasteiger partial charge in [-0.2, -0.15) is 0 Å². The van der Waals surface area contributed by atoms with E-state index in [4.69, 9.17) is 18.9 Å². The number of anilines is 2. The molecule has 1 fully saturated rings. The lowest BCUT2D eigenvalue weighted by Gasteiger charge is -2.17. The topological polar surface area (TPSA) is 96.7 Å². The van der Waals surface area contributed by atoms with E-state index in [9.17, 15) is 13.6 Å². The van der Waals surface area contributed by atoms with Crippen LogP contribution in [0.4, 0.5) is 20.4 Å². The summed E-state index contributed by atoms with van der Waals surface area (Å²) in [6.07, 6.45) is 4.16. The van der Waals surface area contributed by atoms with Crippen LogP contribution >= 0.6 is 0 Å². The minimum Gasteiger partial charge on any atom is -0.494 e. The van der Waals surface area contributed by atoms with Gasteiger partial charge >= 0.3 is 0 Å². The molecule has 1 aliphatic heterocycles. The van der Waals surface area contributed by atoms with E-state index in [1.54, 1.807) is 12.3 Å². The highest BCUT2D eigenvalue weighted by Crippen LogP contribution is 2.27. The van der Waals surface area contributed by atoms with Gasteiger partial charge in [0.15, 0.2) is 23.1 Å². The zero-order valence-corrected chi connectivity index (χ0v) is 19.8. The number of methoxy groups -OCH3 is 1. The highest BCUT2D eigenvalue weighted by Gasteiger charge is 2.32. The van der Waals surface area contributed by atoms with Crippen molar-refractivity contribution in [2.45, 2.75) is 45.8 Å². The van der Waals surface area contributed by atoms with Crippen molar-refractivity contribution in [3.05, 3.63) is 69.9 Å². The van der Waals surface area contributed by atoms with E-state index < -0.39 is 17.4 Å². The molecule has 0 spiro atoms. The lowest BCUT2D eigenvalue weighted by molar-refractivity contribution is -0.139. The second-order valence-corrected chi connectivity index (χ2v) is 8.52. The van der Waals surface area contributed by atoms with E-state index in [2.05, 4.69) is 15.3 Å². The Morgan fingerprint density at radius 3 is 2.60 bits per heavy atom. The molecule has 9 nitrogen and oxygen atoms in total. The summed E-state index contributed by atoms with van der Waals surface area (Å²) in [6, 6.07) is 4.42. The SMILES string of the molecule is COc1cc(C)c(F)c(COc2cnc(Nc3ccn(C[C@@H]4COC(C)(C)O4)c(=O)c3)nc2)c1F. The van der Waals surface area contributed by atoms with E-state index in [0.717, 1.165) is 0 Å². The maximum Gasteiger partial charge on any atom is 0.252 e. The molecule has 1 aromatic carbocycles. The Kier molecular flexibility index (Phi) is 6.99.